The highest BCUT2D eigenvalue weighted by Gasteiger charge is 2.35. The minimum Gasteiger partial charge on any atom is -0.491 e. The van der Waals surface area contributed by atoms with E-state index in [0.29, 0.717) is 19.5 Å². The van der Waals surface area contributed by atoms with E-state index in [0.717, 1.165) is 40.3 Å². The Morgan fingerprint density at radius 2 is 1.80 bits per heavy atom. The number of imidazole rings is 1. The van der Waals surface area contributed by atoms with Gasteiger partial charge in [-0.1, -0.05) is 48.9 Å². The lowest BCUT2D eigenvalue weighted by atomic mass is 10.1. The van der Waals surface area contributed by atoms with Gasteiger partial charge in [-0.3, -0.25) is 4.79 Å². The number of para-hydroxylation sites is 2. The van der Waals surface area contributed by atoms with E-state index >= 15 is 0 Å². The Bertz CT molecular complexity index is 1310. The molecule has 2 atom stereocenters. The molecular weight excluding hydrogens is 438 g/mol. The Balaban J connectivity index is 1.36. The SMILES string of the molecule is CCc1ccc(N2C[C@@H](c3nc4ccccc4n3C[C@@H](O)COc3ccc(C)cc3)CC2=O)cc1. The van der Waals surface area contributed by atoms with Gasteiger partial charge in [-0.25, -0.2) is 4.98 Å². The molecular formula is C29H31N3O3. The van der Waals surface area contributed by atoms with E-state index in [1.165, 1.54) is 5.56 Å². The first kappa shape index (κ1) is 23.1. The van der Waals surface area contributed by atoms with E-state index < -0.39 is 6.10 Å². The summed E-state index contributed by atoms with van der Waals surface area (Å²) in [6, 6.07) is 23.9. The highest BCUT2D eigenvalue weighted by atomic mass is 16.5. The zero-order valence-electron chi connectivity index (χ0n) is 20.2. The predicted molar refractivity (Wildman–Crippen MR) is 138 cm³/mol. The van der Waals surface area contributed by atoms with Gasteiger partial charge in [0, 0.05) is 24.6 Å². The summed E-state index contributed by atoms with van der Waals surface area (Å²) < 4.78 is 7.87. The number of benzene rings is 3. The van der Waals surface area contributed by atoms with Crippen LogP contribution in [0.2, 0.25) is 0 Å². The second kappa shape index (κ2) is 9.92. The fourth-order valence-electron chi connectivity index (χ4n) is 4.73. The van der Waals surface area contributed by atoms with Crippen molar-refractivity contribution in [2.24, 2.45) is 0 Å². The van der Waals surface area contributed by atoms with Gasteiger partial charge in [0.15, 0.2) is 0 Å². The maximum absolute atomic E-state index is 13.0. The van der Waals surface area contributed by atoms with E-state index in [-0.39, 0.29) is 18.4 Å². The number of carbonyl (C=O) groups is 1. The summed E-state index contributed by atoms with van der Waals surface area (Å²) in [5, 5.41) is 10.8. The summed E-state index contributed by atoms with van der Waals surface area (Å²) in [5.74, 6) is 1.62. The Morgan fingerprint density at radius 3 is 2.54 bits per heavy atom. The first-order chi connectivity index (χ1) is 17.0. The van der Waals surface area contributed by atoms with Gasteiger partial charge in [0.1, 0.15) is 24.3 Å². The minimum absolute atomic E-state index is 0.0500. The van der Waals surface area contributed by atoms with Gasteiger partial charge in [-0.2, -0.15) is 0 Å². The van der Waals surface area contributed by atoms with Crippen LogP contribution in [-0.2, 0) is 17.8 Å². The smallest absolute Gasteiger partial charge is 0.227 e. The van der Waals surface area contributed by atoms with Crippen molar-refractivity contribution >= 4 is 22.6 Å². The lowest BCUT2D eigenvalue weighted by Crippen LogP contribution is -2.26. The number of aliphatic hydroxyl groups is 1. The standard InChI is InChI=1S/C29H31N3O3/c1-3-21-10-12-23(13-11-21)31-17-22(16-28(31)34)29-30-26-6-4-5-7-27(26)32(29)18-24(33)19-35-25-14-8-20(2)9-15-25/h4-15,22,24,33H,3,16-19H2,1-2H3/t22-,24+/m0/s1. The molecule has 3 aromatic carbocycles. The molecule has 0 spiro atoms. The molecule has 6 nitrogen and oxygen atoms in total. The summed E-state index contributed by atoms with van der Waals surface area (Å²) in [4.78, 5) is 19.7. The number of anilines is 1. The number of fused-ring (bicyclic) bond motifs is 1. The molecule has 2 heterocycles. The first-order valence-electron chi connectivity index (χ1n) is 12.2. The van der Waals surface area contributed by atoms with Gasteiger partial charge < -0.3 is 19.3 Å². The van der Waals surface area contributed by atoms with Gasteiger partial charge in [0.2, 0.25) is 5.91 Å². The molecule has 0 saturated carbocycles. The van der Waals surface area contributed by atoms with Crippen molar-refractivity contribution in [3.05, 3.63) is 89.7 Å². The predicted octanol–water partition coefficient (Wildman–Crippen LogP) is 4.87. The summed E-state index contributed by atoms with van der Waals surface area (Å²) >= 11 is 0. The third-order valence-corrected chi connectivity index (χ3v) is 6.69. The molecule has 0 bridgehead atoms. The Hall–Kier alpha value is -3.64. The number of amides is 1. The van der Waals surface area contributed by atoms with E-state index in [1.807, 2.05) is 72.5 Å². The molecule has 1 fully saturated rings. The summed E-state index contributed by atoms with van der Waals surface area (Å²) in [6.45, 7) is 5.24. The number of rotatable bonds is 8. The molecule has 1 amide bonds. The zero-order chi connectivity index (χ0) is 24.4. The molecule has 0 radical (unpaired) electrons. The number of hydrogen-bond donors (Lipinski definition) is 1. The van der Waals surface area contributed by atoms with Crippen molar-refractivity contribution in [1.82, 2.24) is 9.55 Å². The number of aromatic nitrogens is 2. The average molecular weight is 470 g/mol. The van der Waals surface area contributed by atoms with E-state index in [9.17, 15) is 9.90 Å². The van der Waals surface area contributed by atoms with E-state index in [4.69, 9.17) is 9.72 Å². The molecule has 1 N–H and O–H groups in total. The number of nitrogens with zero attached hydrogens (tertiary/aromatic N) is 3. The summed E-state index contributed by atoms with van der Waals surface area (Å²) in [7, 11) is 0. The summed E-state index contributed by atoms with van der Waals surface area (Å²) in [5.41, 5.74) is 5.15. The van der Waals surface area contributed by atoms with Crippen LogP contribution < -0.4 is 9.64 Å². The minimum atomic E-state index is -0.720. The number of carbonyl (C=O) groups excluding carboxylic acids is 1. The Kier molecular flexibility index (Phi) is 6.55. The highest BCUT2D eigenvalue weighted by molar-refractivity contribution is 5.96. The van der Waals surface area contributed by atoms with Crippen LogP contribution in [0.1, 0.15) is 36.2 Å². The van der Waals surface area contributed by atoms with Gasteiger partial charge in [-0.05, 0) is 55.3 Å². The van der Waals surface area contributed by atoms with E-state index in [2.05, 4.69) is 23.6 Å². The zero-order valence-corrected chi connectivity index (χ0v) is 20.2. The third kappa shape index (κ3) is 4.93. The van der Waals surface area contributed by atoms with Gasteiger partial charge >= 0.3 is 0 Å². The van der Waals surface area contributed by atoms with Crippen LogP contribution in [0.3, 0.4) is 0 Å². The maximum Gasteiger partial charge on any atom is 0.227 e. The number of ether oxygens (including phenoxy) is 1. The molecule has 1 aliphatic rings. The van der Waals surface area contributed by atoms with Gasteiger partial charge in [-0.15, -0.1) is 0 Å². The van der Waals surface area contributed by atoms with Gasteiger partial charge in [0.25, 0.3) is 0 Å². The fourth-order valence-corrected chi connectivity index (χ4v) is 4.73. The van der Waals surface area contributed by atoms with Crippen LogP contribution in [0, 0.1) is 6.92 Å². The lowest BCUT2D eigenvalue weighted by Gasteiger charge is -2.19. The molecule has 4 aromatic rings. The molecule has 6 heteroatoms. The van der Waals surface area contributed by atoms with Gasteiger partial charge in [0.05, 0.1) is 17.6 Å². The van der Waals surface area contributed by atoms with Crippen LogP contribution in [0.5, 0.6) is 5.75 Å². The first-order valence-corrected chi connectivity index (χ1v) is 12.2. The normalized spacial score (nSPS) is 16.7. The molecule has 1 aromatic heterocycles. The topological polar surface area (TPSA) is 67.6 Å². The highest BCUT2D eigenvalue weighted by Crippen LogP contribution is 2.33. The number of aliphatic hydroxyl groups excluding tert-OH is 1. The average Bonchev–Trinajstić information content (AvgIpc) is 3.44. The molecule has 0 aliphatic carbocycles. The lowest BCUT2D eigenvalue weighted by molar-refractivity contribution is -0.117. The number of aryl methyl sites for hydroxylation is 2. The van der Waals surface area contributed by atoms with Crippen molar-refractivity contribution in [1.29, 1.82) is 0 Å². The molecule has 180 valence electrons. The van der Waals surface area contributed by atoms with Crippen molar-refractivity contribution < 1.29 is 14.6 Å². The molecule has 1 saturated heterocycles. The fraction of sp³-hybridized carbons (Fsp3) is 0.310. The Morgan fingerprint density at radius 1 is 1.06 bits per heavy atom. The third-order valence-electron chi connectivity index (χ3n) is 6.69. The van der Waals surface area contributed by atoms with Crippen LogP contribution in [0.4, 0.5) is 5.69 Å². The second-order valence-electron chi connectivity index (χ2n) is 9.27. The van der Waals surface area contributed by atoms with E-state index in [1.54, 1.807) is 0 Å². The molecule has 5 rings (SSSR count). The monoisotopic (exact) mass is 469 g/mol. The van der Waals surface area contributed by atoms with Crippen molar-refractivity contribution in [2.75, 3.05) is 18.1 Å². The van der Waals surface area contributed by atoms with Crippen LogP contribution in [-0.4, -0.2) is 39.8 Å². The van der Waals surface area contributed by atoms with Crippen LogP contribution in [0.25, 0.3) is 11.0 Å². The molecule has 1 aliphatic heterocycles. The molecule has 35 heavy (non-hydrogen) atoms. The molecule has 0 unspecified atom stereocenters. The maximum atomic E-state index is 13.0. The largest absolute Gasteiger partial charge is 0.491 e. The van der Waals surface area contributed by atoms with Crippen LogP contribution in [0.15, 0.2) is 72.8 Å². The number of hydrogen-bond acceptors (Lipinski definition) is 4. The van der Waals surface area contributed by atoms with Crippen molar-refractivity contribution in [3.63, 3.8) is 0 Å². The van der Waals surface area contributed by atoms with Crippen molar-refractivity contribution in [2.45, 2.75) is 45.3 Å². The Labute approximate surface area is 205 Å². The van der Waals surface area contributed by atoms with Crippen LogP contribution >= 0.6 is 0 Å². The summed E-state index contributed by atoms with van der Waals surface area (Å²) in [6.07, 6.45) is 0.647. The quantitative estimate of drug-likeness (QED) is 0.400. The second-order valence-corrected chi connectivity index (χ2v) is 9.27. The van der Waals surface area contributed by atoms with Crippen molar-refractivity contribution in [3.8, 4) is 5.75 Å².